The van der Waals surface area contributed by atoms with Crippen molar-refractivity contribution in [2.45, 2.75) is 58.4 Å². The largest absolute Gasteiger partial charge is 0.466 e. The zero-order valence-corrected chi connectivity index (χ0v) is 9.42. The van der Waals surface area contributed by atoms with E-state index in [4.69, 9.17) is 10.5 Å². The Balaban J connectivity index is 3.15. The molecule has 0 aromatic carbocycles. The summed E-state index contributed by atoms with van der Waals surface area (Å²) in [6, 6.07) is -0.0948. The van der Waals surface area contributed by atoms with Crippen LogP contribution in [0.2, 0.25) is 0 Å². The lowest BCUT2D eigenvalue weighted by Crippen LogP contribution is -2.21. The number of carbonyl (C=O) groups excluding carboxylic acids is 1. The highest BCUT2D eigenvalue weighted by atomic mass is 16.5. The van der Waals surface area contributed by atoms with Gasteiger partial charge >= 0.3 is 5.97 Å². The third-order valence-electron chi connectivity index (χ3n) is 2.00. The van der Waals surface area contributed by atoms with Gasteiger partial charge < -0.3 is 10.5 Å². The highest BCUT2D eigenvalue weighted by molar-refractivity contribution is 5.69. The third kappa shape index (κ3) is 9.52. The highest BCUT2D eigenvalue weighted by Gasteiger charge is 2.05. The van der Waals surface area contributed by atoms with Crippen LogP contribution in [-0.4, -0.2) is 18.6 Å². The number of rotatable bonds is 8. The molecule has 0 heterocycles. The van der Waals surface area contributed by atoms with Crippen LogP contribution in [0.5, 0.6) is 0 Å². The van der Waals surface area contributed by atoms with Gasteiger partial charge in [-0.15, -0.1) is 0 Å². The minimum atomic E-state index is -0.171. The molecule has 1 atom stereocenters. The van der Waals surface area contributed by atoms with Crippen LogP contribution in [-0.2, 0) is 9.53 Å². The van der Waals surface area contributed by atoms with E-state index in [9.17, 15) is 4.79 Å². The molecule has 0 rings (SSSR count). The Morgan fingerprint density at radius 3 is 2.50 bits per heavy atom. The molecule has 0 fully saturated rings. The molecule has 0 bridgehead atoms. The molecule has 0 saturated carbocycles. The maximum absolute atomic E-state index is 11.0. The molecule has 2 N–H and O–H groups in total. The van der Waals surface area contributed by atoms with Crippen LogP contribution < -0.4 is 5.73 Å². The van der Waals surface area contributed by atoms with Crippen molar-refractivity contribution < 1.29 is 9.53 Å². The van der Waals surface area contributed by atoms with Crippen molar-refractivity contribution in [3.63, 3.8) is 0 Å². The number of hydrogen-bond donors (Lipinski definition) is 1. The van der Waals surface area contributed by atoms with Gasteiger partial charge in [-0.2, -0.15) is 0 Å². The molecular weight excluding hydrogens is 178 g/mol. The average molecular weight is 201 g/mol. The van der Waals surface area contributed by atoms with Gasteiger partial charge in [-0.25, -0.2) is 0 Å². The molecule has 0 amide bonds. The summed E-state index contributed by atoms with van der Waals surface area (Å²) < 4.78 is 5.01. The molecule has 0 aliphatic rings. The van der Waals surface area contributed by atoms with Crippen molar-refractivity contribution >= 4 is 5.97 Å². The van der Waals surface area contributed by atoms with E-state index in [1.807, 2.05) is 6.92 Å². The van der Waals surface area contributed by atoms with Crippen LogP contribution in [0.25, 0.3) is 0 Å². The topological polar surface area (TPSA) is 52.3 Å². The average Bonchev–Trinajstić information content (AvgIpc) is 2.10. The molecule has 0 aromatic heterocycles. The van der Waals surface area contributed by atoms with Gasteiger partial charge in [0.15, 0.2) is 0 Å². The molecule has 3 heteroatoms. The molecule has 0 saturated heterocycles. The van der Waals surface area contributed by atoms with Gasteiger partial charge in [-0.05, 0) is 13.3 Å². The second kappa shape index (κ2) is 9.00. The van der Waals surface area contributed by atoms with E-state index in [0.29, 0.717) is 13.0 Å². The maximum atomic E-state index is 11.0. The van der Waals surface area contributed by atoms with Gasteiger partial charge in [0.1, 0.15) is 0 Å². The highest BCUT2D eigenvalue weighted by Crippen LogP contribution is 2.02. The first-order valence-electron chi connectivity index (χ1n) is 5.58. The first kappa shape index (κ1) is 13.4. The minimum Gasteiger partial charge on any atom is -0.466 e. The first-order chi connectivity index (χ1) is 6.66. The molecule has 14 heavy (non-hydrogen) atoms. The van der Waals surface area contributed by atoms with E-state index in [1.165, 1.54) is 19.3 Å². The lowest BCUT2D eigenvalue weighted by atomic mass is 10.2. The summed E-state index contributed by atoms with van der Waals surface area (Å²) >= 11 is 0. The summed E-state index contributed by atoms with van der Waals surface area (Å²) in [7, 11) is 0. The number of esters is 1. The van der Waals surface area contributed by atoms with Crippen molar-refractivity contribution in [1.29, 1.82) is 0 Å². The van der Waals surface area contributed by atoms with Crippen molar-refractivity contribution in [3.8, 4) is 0 Å². The van der Waals surface area contributed by atoms with E-state index < -0.39 is 0 Å². The lowest BCUT2D eigenvalue weighted by molar-refractivity contribution is -0.144. The van der Waals surface area contributed by atoms with E-state index in [-0.39, 0.29) is 12.0 Å². The first-order valence-corrected chi connectivity index (χ1v) is 5.58. The summed E-state index contributed by atoms with van der Waals surface area (Å²) in [5.74, 6) is -0.171. The van der Waals surface area contributed by atoms with Gasteiger partial charge in [0.25, 0.3) is 0 Å². The summed E-state index contributed by atoms with van der Waals surface area (Å²) in [6.45, 7) is 4.54. The molecule has 0 radical (unpaired) electrons. The minimum absolute atomic E-state index is 0.0948. The zero-order chi connectivity index (χ0) is 10.8. The molecule has 0 aromatic rings. The lowest BCUT2D eigenvalue weighted by Gasteiger charge is -2.06. The second-order valence-electron chi connectivity index (χ2n) is 3.82. The fraction of sp³-hybridized carbons (Fsp3) is 0.909. The standard InChI is InChI=1S/C11H23NO2/c1-3-4-5-6-7-8-14-11(13)9-10(2)12/h10H,3-9,12H2,1-2H3. The summed E-state index contributed by atoms with van der Waals surface area (Å²) in [4.78, 5) is 11.0. The summed E-state index contributed by atoms with van der Waals surface area (Å²) in [6.07, 6.45) is 6.21. The van der Waals surface area contributed by atoms with Crippen LogP contribution in [0.4, 0.5) is 0 Å². The fourth-order valence-corrected chi connectivity index (χ4v) is 1.21. The van der Waals surface area contributed by atoms with Crippen LogP contribution in [0.15, 0.2) is 0 Å². The van der Waals surface area contributed by atoms with Crippen molar-refractivity contribution in [3.05, 3.63) is 0 Å². The zero-order valence-electron chi connectivity index (χ0n) is 9.42. The molecule has 1 unspecified atom stereocenters. The van der Waals surface area contributed by atoms with Gasteiger partial charge in [0.2, 0.25) is 0 Å². The van der Waals surface area contributed by atoms with Crippen LogP contribution >= 0.6 is 0 Å². The Labute approximate surface area is 87.0 Å². The SMILES string of the molecule is CCCCCCCOC(=O)CC(C)N. The Kier molecular flexibility index (Phi) is 8.64. The van der Waals surface area contributed by atoms with E-state index in [1.54, 1.807) is 0 Å². The second-order valence-corrected chi connectivity index (χ2v) is 3.82. The van der Waals surface area contributed by atoms with Crippen LogP contribution in [0.3, 0.4) is 0 Å². The van der Waals surface area contributed by atoms with Crippen LogP contribution in [0.1, 0.15) is 52.4 Å². The number of ether oxygens (including phenoxy) is 1. The fourth-order valence-electron chi connectivity index (χ4n) is 1.21. The van der Waals surface area contributed by atoms with Gasteiger partial charge in [0.05, 0.1) is 13.0 Å². The Morgan fingerprint density at radius 2 is 1.93 bits per heavy atom. The molecule has 84 valence electrons. The van der Waals surface area contributed by atoms with E-state index in [0.717, 1.165) is 12.8 Å². The monoisotopic (exact) mass is 201 g/mol. The third-order valence-corrected chi connectivity index (χ3v) is 2.00. The molecule has 0 aliphatic carbocycles. The number of nitrogens with two attached hydrogens (primary N) is 1. The Bertz CT molecular complexity index is 146. The van der Waals surface area contributed by atoms with Crippen LogP contribution in [0, 0.1) is 0 Å². The Hall–Kier alpha value is -0.570. The van der Waals surface area contributed by atoms with Gasteiger partial charge in [-0.1, -0.05) is 32.6 Å². The predicted octanol–water partition coefficient (Wildman–Crippen LogP) is 2.24. The summed E-state index contributed by atoms with van der Waals surface area (Å²) in [5.41, 5.74) is 5.46. The number of carbonyl (C=O) groups is 1. The smallest absolute Gasteiger partial charge is 0.307 e. The van der Waals surface area contributed by atoms with Gasteiger partial charge in [-0.3, -0.25) is 4.79 Å². The normalized spacial score (nSPS) is 12.5. The molecule has 0 aliphatic heterocycles. The van der Waals surface area contributed by atoms with E-state index in [2.05, 4.69) is 6.92 Å². The van der Waals surface area contributed by atoms with Crippen molar-refractivity contribution in [2.24, 2.45) is 5.73 Å². The molecule has 0 spiro atoms. The van der Waals surface area contributed by atoms with Crippen molar-refractivity contribution in [2.75, 3.05) is 6.61 Å². The maximum Gasteiger partial charge on any atom is 0.307 e. The van der Waals surface area contributed by atoms with E-state index >= 15 is 0 Å². The van der Waals surface area contributed by atoms with Gasteiger partial charge in [0, 0.05) is 6.04 Å². The predicted molar refractivity (Wildman–Crippen MR) is 58.0 cm³/mol. The quantitative estimate of drug-likeness (QED) is 0.484. The summed E-state index contributed by atoms with van der Waals surface area (Å²) in [5, 5.41) is 0. The van der Waals surface area contributed by atoms with Crippen molar-refractivity contribution in [1.82, 2.24) is 0 Å². The molecular formula is C11H23NO2. The number of hydrogen-bond acceptors (Lipinski definition) is 3. The molecule has 3 nitrogen and oxygen atoms in total. The Morgan fingerprint density at radius 1 is 1.29 bits per heavy atom. The number of unbranched alkanes of at least 4 members (excludes halogenated alkanes) is 4.